The molecule has 58 heavy (non-hydrogen) atoms. The first-order valence-corrected chi connectivity index (χ1v) is 20.5. The average Bonchev–Trinajstić information content (AvgIpc) is 3.96. The Balaban J connectivity index is 0.837. The Hall–Kier alpha value is -5.95. The number of amides is 4. The number of aryl methyl sites for hydroxylation is 1. The van der Waals surface area contributed by atoms with Gasteiger partial charge in [-0.25, -0.2) is 0 Å². The highest BCUT2D eigenvalue weighted by molar-refractivity contribution is 7.15. The van der Waals surface area contributed by atoms with Crippen LogP contribution in [0, 0.1) is 25.7 Å². The summed E-state index contributed by atoms with van der Waals surface area (Å²) in [4.78, 5) is 60.5. The maximum absolute atomic E-state index is 13.5. The highest BCUT2D eigenvalue weighted by Gasteiger charge is 2.46. The van der Waals surface area contributed by atoms with Gasteiger partial charge in [-0.05, 0) is 69.9 Å². The number of hydrogen-bond acceptors (Lipinski definition) is 11. The molecule has 2 saturated heterocycles. The smallest absolute Gasteiger partial charge is 0.264 e. The van der Waals surface area contributed by atoms with E-state index < -0.39 is 29.7 Å². The number of carbonyl (C=O) groups excluding carboxylic acids is 4. The summed E-state index contributed by atoms with van der Waals surface area (Å²) in [6.45, 7) is 9.31. The summed E-state index contributed by atoms with van der Waals surface area (Å²) in [5.41, 5.74) is 5.90. The number of imide groups is 2. The standard InChI is InChI=1S/C42H39ClN10O4S/c1-23-33(58-42-35(23)37(27-8-10-28(43)11-9-27)45-24(2)38-49-48-25(3)52(38)42)13-7-26-21-44-51(22-26)20-19-50-17-15-29(16-18-50)46-31-6-4-5-30-36(31)41(57)53(40(30)56)32-12-14-34(54)47-39(32)55/h4-6,8-11,21-22,24,29,32,46H,12,14-20H2,1-3H3,(H,47,54,55)/t24-,32?/m0/s1. The summed E-state index contributed by atoms with van der Waals surface area (Å²) in [5, 5.41) is 20.9. The van der Waals surface area contributed by atoms with Crippen LogP contribution in [0.15, 0.2) is 59.9 Å². The van der Waals surface area contributed by atoms with Gasteiger partial charge in [-0.1, -0.05) is 41.6 Å². The number of nitrogens with zero attached hydrogens (tertiary/aromatic N) is 8. The molecule has 2 atom stereocenters. The molecule has 9 rings (SSSR count). The van der Waals surface area contributed by atoms with Crippen molar-refractivity contribution in [1.29, 1.82) is 0 Å². The highest BCUT2D eigenvalue weighted by Crippen LogP contribution is 2.39. The number of piperidine rings is 2. The lowest BCUT2D eigenvalue weighted by molar-refractivity contribution is -0.136. The zero-order valence-electron chi connectivity index (χ0n) is 32.1. The van der Waals surface area contributed by atoms with Crippen LogP contribution in [0.25, 0.3) is 5.00 Å². The molecule has 0 aliphatic carbocycles. The molecule has 5 aromatic rings. The summed E-state index contributed by atoms with van der Waals surface area (Å²) < 4.78 is 4.02. The van der Waals surface area contributed by atoms with Crippen molar-refractivity contribution in [3.63, 3.8) is 0 Å². The molecule has 294 valence electrons. The number of benzene rings is 2. The van der Waals surface area contributed by atoms with Gasteiger partial charge < -0.3 is 10.2 Å². The number of rotatable bonds is 7. The quantitative estimate of drug-likeness (QED) is 0.169. The van der Waals surface area contributed by atoms with E-state index in [2.05, 4.69) is 54.2 Å². The normalized spacial score (nSPS) is 19.5. The number of likely N-dealkylation sites (tertiary alicyclic amines) is 1. The topological polar surface area (TPSA) is 160 Å². The summed E-state index contributed by atoms with van der Waals surface area (Å²) in [7, 11) is 0. The Bertz CT molecular complexity index is 2610. The van der Waals surface area contributed by atoms with Gasteiger partial charge in [0.05, 0.1) is 40.0 Å². The average molecular weight is 815 g/mol. The lowest BCUT2D eigenvalue weighted by Gasteiger charge is -2.33. The van der Waals surface area contributed by atoms with Crippen molar-refractivity contribution in [2.24, 2.45) is 4.99 Å². The van der Waals surface area contributed by atoms with Crippen molar-refractivity contribution in [3.8, 4) is 16.8 Å². The second kappa shape index (κ2) is 15.1. The van der Waals surface area contributed by atoms with Crippen LogP contribution in [0.1, 0.15) is 98.1 Å². The van der Waals surface area contributed by atoms with Gasteiger partial charge in [-0.2, -0.15) is 5.10 Å². The van der Waals surface area contributed by atoms with Gasteiger partial charge in [-0.3, -0.25) is 43.6 Å². The van der Waals surface area contributed by atoms with E-state index >= 15 is 0 Å². The maximum atomic E-state index is 13.5. The monoisotopic (exact) mass is 814 g/mol. The largest absolute Gasteiger partial charge is 0.382 e. The summed E-state index contributed by atoms with van der Waals surface area (Å²) >= 11 is 7.85. The second-order valence-corrected chi connectivity index (χ2v) is 16.5. The predicted molar refractivity (Wildman–Crippen MR) is 219 cm³/mol. The lowest BCUT2D eigenvalue weighted by atomic mass is 9.99. The molecule has 16 heteroatoms. The van der Waals surface area contributed by atoms with Crippen LogP contribution in [0.4, 0.5) is 5.69 Å². The molecule has 0 radical (unpaired) electrons. The SMILES string of the molecule is Cc1c(C#Cc2cnn(CCN3CCC(Nc4cccc5c4C(=O)N(C4CCC(=O)NC4=O)C5=O)CC3)c2)sc2c1C(c1ccc(Cl)cc1)=N[C@@H](C)c1nnc(C)n1-2. The molecule has 0 saturated carbocycles. The Morgan fingerprint density at radius 2 is 1.74 bits per heavy atom. The molecule has 1 unspecified atom stereocenters. The Morgan fingerprint density at radius 3 is 2.52 bits per heavy atom. The number of halogens is 1. The lowest BCUT2D eigenvalue weighted by Crippen LogP contribution is -2.54. The molecule has 4 amide bonds. The van der Waals surface area contributed by atoms with Gasteiger partial charge in [0.25, 0.3) is 11.8 Å². The third-order valence-electron chi connectivity index (χ3n) is 11.2. The number of nitrogens with one attached hydrogen (secondary N) is 2. The van der Waals surface area contributed by atoms with Crippen molar-refractivity contribution < 1.29 is 19.2 Å². The summed E-state index contributed by atoms with van der Waals surface area (Å²) in [6, 6.07) is 11.8. The number of anilines is 1. The minimum atomic E-state index is -0.997. The number of fused-ring (bicyclic) bond motifs is 4. The van der Waals surface area contributed by atoms with Gasteiger partial charge in [0.2, 0.25) is 11.8 Å². The van der Waals surface area contributed by atoms with E-state index in [0.717, 1.165) is 86.9 Å². The summed E-state index contributed by atoms with van der Waals surface area (Å²) in [5.74, 6) is 6.32. The maximum Gasteiger partial charge on any atom is 0.264 e. The molecule has 7 heterocycles. The molecule has 3 aromatic heterocycles. The number of hydrogen-bond donors (Lipinski definition) is 2. The van der Waals surface area contributed by atoms with Gasteiger partial charge >= 0.3 is 0 Å². The van der Waals surface area contributed by atoms with Crippen LogP contribution in [0.2, 0.25) is 5.02 Å². The first-order valence-electron chi connectivity index (χ1n) is 19.3. The molecular weight excluding hydrogens is 776 g/mol. The molecule has 14 nitrogen and oxygen atoms in total. The molecule has 2 aromatic carbocycles. The zero-order chi connectivity index (χ0) is 40.2. The number of carbonyl (C=O) groups is 4. The third kappa shape index (κ3) is 6.80. The molecule has 0 bridgehead atoms. The van der Waals surface area contributed by atoms with Crippen molar-refractivity contribution in [3.05, 3.63) is 110 Å². The van der Waals surface area contributed by atoms with Crippen LogP contribution in [-0.4, -0.2) is 95.4 Å². The number of thiophene rings is 1. The minimum absolute atomic E-state index is 0.0796. The van der Waals surface area contributed by atoms with E-state index in [1.165, 1.54) is 0 Å². The molecule has 2 N–H and O–H groups in total. The van der Waals surface area contributed by atoms with E-state index in [1.54, 1.807) is 35.7 Å². The molecule has 4 aliphatic rings. The first kappa shape index (κ1) is 37.6. The fourth-order valence-corrected chi connectivity index (χ4v) is 9.52. The van der Waals surface area contributed by atoms with Crippen molar-refractivity contribution >= 4 is 58.0 Å². The van der Waals surface area contributed by atoms with Crippen LogP contribution >= 0.6 is 22.9 Å². The van der Waals surface area contributed by atoms with Gasteiger partial charge in [0, 0.05) is 60.1 Å². The van der Waals surface area contributed by atoms with Crippen LogP contribution in [0.5, 0.6) is 0 Å². The van der Waals surface area contributed by atoms with Gasteiger partial charge in [-0.15, -0.1) is 21.5 Å². The Morgan fingerprint density at radius 1 is 0.948 bits per heavy atom. The van der Waals surface area contributed by atoms with E-state index in [0.29, 0.717) is 17.3 Å². The Labute approximate surface area is 343 Å². The Kier molecular flexibility index (Phi) is 9.79. The van der Waals surface area contributed by atoms with Crippen LogP contribution in [-0.2, 0) is 16.1 Å². The van der Waals surface area contributed by atoms with Crippen molar-refractivity contribution in [2.75, 3.05) is 25.0 Å². The van der Waals surface area contributed by atoms with Crippen molar-refractivity contribution in [1.82, 2.24) is 39.7 Å². The molecule has 0 spiro atoms. The fourth-order valence-electron chi connectivity index (χ4n) is 8.18. The molecular formula is C42H39ClN10O4S. The highest BCUT2D eigenvalue weighted by atomic mass is 35.5. The predicted octanol–water partition coefficient (Wildman–Crippen LogP) is 5.09. The van der Waals surface area contributed by atoms with Crippen LogP contribution in [0.3, 0.4) is 0 Å². The van der Waals surface area contributed by atoms with Crippen molar-refractivity contribution in [2.45, 2.75) is 71.1 Å². The van der Waals surface area contributed by atoms with E-state index in [1.807, 2.05) is 49.0 Å². The van der Waals surface area contributed by atoms with E-state index in [4.69, 9.17) is 16.6 Å². The molecule has 4 aliphatic heterocycles. The molecule has 2 fully saturated rings. The second-order valence-electron chi connectivity index (χ2n) is 15.0. The first-order chi connectivity index (χ1) is 28.0. The minimum Gasteiger partial charge on any atom is -0.382 e. The zero-order valence-corrected chi connectivity index (χ0v) is 33.7. The van der Waals surface area contributed by atoms with Gasteiger partial charge in [0.1, 0.15) is 22.9 Å². The van der Waals surface area contributed by atoms with E-state index in [-0.39, 0.29) is 36.1 Å². The van der Waals surface area contributed by atoms with Gasteiger partial charge in [0.15, 0.2) is 5.82 Å². The van der Waals surface area contributed by atoms with Crippen LogP contribution < -0.4 is 10.6 Å². The fraction of sp³-hybridized carbons (Fsp3) is 0.333. The summed E-state index contributed by atoms with van der Waals surface area (Å²) in [6.07, 6.45) is 5.68. The number of aliphatic imine (C=N–C) groups is 1. The third-order valence-corrected chi connectivity index (χ3v) is 12.7. The van der Waals surface area contributed by atoms with E-state index in [9.17, 15) is 19.2 Å². The number of aromatic nitrogens is 5.